The van der Waals surface area contributed by atoms with Crippen molar-refractivity contribution >= 4 is 16.7 Å². The van der Waals surface area contributed by atoms with Crippen LogP contribution in [-0.4, -0.2) is 28.1 Å². The molecule has 1 aromatic heterocycles. The van der Waals surface area contributed by atoms with Crippen molar-refractivity contribution in [1.82, 2.24) is 15.1 Å². The van der Waals surface area contributed by atoms with Crippen molar-refractivity contribution in [1.29, 1.82) is 0 Å². The van der Waals surface area contributed by atoms with Gasteiger partial charge in [0.05, 0.1) is 6.54 Å². The van der Waals surface area contributed by atoms with E-state index in [4.69, 9.17) is 9.15 Å². The van der Waals surface area contributed by atoms with Crippen LogP contribution in [0.1, 0.15) is 37.7 Å². The first kappa shape index (κ1) is 16.6. The van der Waals surface area contributed by atoms with Crippen molar-refractivity contribution in [2.45, 2.75) is 32.4 Å². The zero-order valence-corrected chi connectivity index (χ0v) is 14.9. The molecule has 1 amide bonds. The molecule has 134 valence electrons. The van der Waals surface area contributed by atoms with E-state index >= 15 is 0 Å². The first-order valence-corrected chi connectivity index (χ1v) is 8.83. The number of amides is 1. The van der Waals surface area contributed by atoms with Gasteiger partial charge in [-0.1, -0.05) is 30.3 Å². The van der Waals surface area contributed by atoms with Crippen LogP contribution in [0.5, 0.6) is 5.75 Å². The zero-order chi connectivity index (χ0) is 18.1. The van der Waals surface area contributed by atoms with E-state index in [0.29, 0.717) is 18.3 Å². The van der Waals surface area contributed by atoms with Gasteiger partial charge in [-0.25, -0.2) is 0 Å². The van der Waals surface area contributed by atoms with Crippen molar-refractivity contribution in [2.75, 3.05) is 7.05 Å². The Hall–Kier alpha value is -2.89. The van der Waals surface area contributed by atoms with E-state index in [1.807, 2.05) is 43.3 Å². The number of hydrogen-bond acceptors (Lipinski definition) is 5. The Morgan fingerprint density at radius 2 is 2.00 bits per heavy atom. The third kappa shape index (κ3) is 3.54. The lowest BCUT2D eigenvalue weighted by molar-refractivity contribution is -0.132. The second-order valence-electron chi connectivity index (χ2n) is 6.77. The van der Waals surface area contributed by atoms with Crippen molar-refractivity contribution in [3.05, 3.63) is 54.2 Å². The maximum atomic E-state index is 12.0. The second-order valence-corrected chi connectivity index (χ2v) is 6.77. The molecule has 6 heteroatoms. The zero-order valence-electron chi connectivity index (χ0n) is 14.9. The summed E-state index contributed by atoms with van der Waals surface area (Å²) in [5.41, 5.74) is 0. The van der Waals surface area contributed by atoms with Gasteiger partial charge in [0.15, 0.2) is 6.10 Å². The Morgan fingerprint density at radius 1 is 1.23 bits per heavy atom. The maximum Gasteiger partial charge on any atom is 0.256 e. The summed E-state index contributed by atoms with van der Waals surface area (Å²) in [6.07, 6.45) is 1.59. The van der Waals surface area contributed by atoms with Crippen LogP contribution in [0.4, 0.5) is 0 Å². The van der Waals surface area contributed by atoms with E-state index in [-0.39, 0.29) is 17.9 Å². The normalized spacial score (nSPS) is 15.0. The highest BCUT2D eigenvalue weighted by Crippen LogP contribution is 2.31. The van der Waals surface area contributed by atoms with Crippen molar-refractivity contribution in [3.63, 3.8) is 0 Å². The molecule has 6 nitrogen and oxygen atoms in total. The Labute approximate surface area is 151 Å². The highest BCUT2D eigenvalue weighted by atomic mass is 16.5. The van der Waals surface area contributed by atoms with Gasteiger partial charge in [-0.05, 0) is 42.7 Å². The van der Waals surface area contributed by atoms with Gasteiger partial charge in [0, 0.05) is 13.0 Å². The summed E-state index contributed by atoms with van der Waals surface area (Å²) in [4.78, 5) is 13.7. The number of carbonyl (C=O) groups is 1. The highest BCUT2D eigenvalue weighted by molar-refractivity contribution is 5.83. The van der Waals surface area contributed by atoms with Gasteiger partial charge in [-0.2, -0.15) is 0 Å². The van der Waals surface area contributed by atoms with Crippen LogP contribution in [0.3, 0.4) is 0 Å². The highest BCUT2D eigenvalue weighted by Gasteiger charge is 2.32. The average molecular weight is 351 g/mol. The monoisotopic (exact) mass is 351 g/mol. The third-order valence-electron chi connectivity index (χ3n) is 4.54. The first-order valence-electron chi connectivity index (χ1n) is 8.83. The summed E-state index contributed by atoms with van der Waals surface area (Å²) in [5.74, 6) is 1.89. The largest absolute Gasteiger partial charge is 0.481 e. The summed E-state index contributed by atoms with van der Waals surface area (Å²) in [6.45, 7) is 2.19. The number of hydrogen-bond donors (Lipinski definition) is 0. The number of aromatic nitrogens is 2. The van der Waals surface area contributed by atoms with E-state index in [2.05, 4.69) is 16.3 Å². The van der Waals surface area contributed by atoms with Crippen LogP contribution in [0.15, 0.2) is 46.9 Å². The lowest BCUT2D eigenvalue weighted by Gasteiger charge is -2.14. The lowest BCUT2D eigenvalue weighted by Crippen LogP contribution is -2.27. The van der Waals surface area contributed by atoms with Crippen molar-refractivity contribution in [2.24, 2.45) is 5.92 Å². The van der Waals surface area contributed by atoms with Gasteiger partial charge in [0.1, 0.15) is 5.75 Å². The van der Waals surface area contributed by atoms with Crippen LogP contribution < -0.4 is 4.74 Å². The second kappa shape index (κ2) is 6.78. The Balaban J connectivity index is 1.42. The molecule has 0 bridgehead atoms. The maximum absolute atomic E-state index is 12.0. The fraction of sp³-hybridized carbons (Fsp3) is 0.350. The molecule has 1 fully saturated rings. The molecule has 1 saturated carbocycles. The Bertz CT molecular complexity index is 933. The molecule has 1 aliphatic rings. The summed E-state index contributed by atoms with van der Waals surface area (Å²) >= 11 is 0. The molecule has 26 heavy (non-hydrogen) atoms. The molecular weight excluding hydrogens is 330 g/mol. The number of benzene rings is 2. The molecule has 0 N–H and O–H groups in total. The van der Waals surface area contributed by atoms with Crippen LogP contribution in [-0.2, 0) is 11.3 Å². The molecule has 1 atom stereocenters. The molecule has 0 saturated heterocycles. The fourth-order valence-electron chi connectivity index (χ4n) is 2.91. The van der Waals surface area contributed by atoms with Crippen molar-refractivity contribution in [3.8, 4) is 5.75 Å². The van der Waals surface area contributed by atoms with Gasteiger partial charge in [0.25, 0.3) is 5.89 Å². The molecule has 4 rings (SSSR count). The van der Waals surface area contributed by atoms with E-state index in [1.165, 1.54) is 0 Å². The number of nitrogens with zero attached hydrogens (tertiary/aromatic N) is 3. The van der Waals surface area contributed by atoms with E-state index in [9.17, 15) is 4.79 Å². The van der Waals surface area contributed by atoms with Crippen LogP contribution in [0.2, 0.25) is 0 Å². The van der Waals surface area contributed by atoms with Gasteiger partial charge in [-0.3, -0.25) is 4.79 Å². The third-order valence-corrected chi connectivity index (χ3v) is 4.54. The molecule has 0 radical (unpaired) electrons. The summed E-state index contributed by atoms with van der Waals surface area (Å²) < 4.78 is 11.6. The van der Waals surface area contributed by atoms with Gasteiger partial charge in [-0.15, -0.1) is 10.2 Å². The molecule has 2 aromatic carbocycles. The van der Waals surface area contributed by atoms with Crippen LogP contribution in [0, 0.1) is 5.92 Å². The topological polar surface area (TPSA) is 68.5 Å². The van der Waals surface area contributed by atoms with E-state index in [1.54, 1.807) is 11.9 Å². The Kier molecular flexibility index (Phi) is 4.32. The number of fused-ring (bicyclic) bond motifs is 1. The standard InChI is InChI=1S/C20H21N3O3/c1-13(25-17-10-9-14-5-3-4-6-16(14)11-17)19-22-21-18(26-19)12-23(2)20(24)15-7-8-15/h3-6,9-11,13,15H,7-8,12H2,1-2H3. The number of ether oxygens (including phenoxy) is 1. The number of rotatable bonds is 6. The number of carbonyl (C=O) groups excluding carboxylic acids is 1. The van der Waals surface area contributed by atoms with Gasteiger partial charge >= 0.3 is 0 Å². The Morgan fingerprint density at radius 3 is 2.77 bits per heavy atom. The van der Waals surface area contributed by atoms with Gasteiger partial charge < -0.3 is 14.1 Å². The van der Waals surface area contributed by atoms with E-state index < -0.39 is 0 Å². The SMILES string of the molecule is CC(Oc1ccc2ccccc2c1)c1nnc(CN(C)C(=O)C2CC2)o1. The minimum absolute atomic E-state index is 0.144. The molecule has 0 aliphatic heterocycles. The minimum Gasteiger partial charge on any atom is -0.481 e. The lowest BCUT2D eigenvalue weighted by atomic mass is 10.1. The molecule has 0 spiro atoms. The predicted molar refractivity (Wildman–Crippen MR) is 96.5 cm³/mol. The predicted octanol–water partition coefficient (Wildman–Crippen LogP) is 3.73. The quantitative estimate of drug-likeness (QED) is 0.677. The average Bonchev–Trinajstić information content (AvgIpc) is 3.40. The van der Waals surface area contributed by atoms with Gasteiger partial charge in [0.2, 0.25) is 11.8 Å². The molecule has 1 heterocycles. The summed E-state index contributed by atoms with van der Waals surface area (Å²) in [5, 5.41) is 10.4. The molecule has 1 unspecified atom stereocenters. The minimum atomic E-state index is -0.373. The molecular formula is C20H21N3O3. The van der Waals surface area contributed by atoms with E-state index in [0.717, 1.165) is 29.4 Å². The summed E-state index contributed by atoms with van der Waals surface area (Å²) in [6, 6.07) is 14.1. The molecule has 3 aromatic rings. The van der Waals surface area contributed by atoms with Crippen LogP contribution >= 0.6 is 0 Å². The molecule has 1 aliphatic carbocycles. The first-order chi connectivity index (χ1) is 12.6. The fourth-order valence-corrected chi connectivity index (χ4v) is 2.91. The van der Waals surface area contributed by atoms with Crippen molar-refractivity contribution < 1.29 is 13.9 Å². The smallest absolute Gasteiger partial charge is 0.256 e. The van der Waals surface area contributed by atoms with Crippen LogP contribution in [0.25, 0.3) is 10.8 Å². The summed E-state index contributed by atoms with van der Waals surface area (Å²) in [7, 11) is 1.76.